The van der Waals surface area contributed by atoms with E-state index in [4.69, 9.17) is 5.21 Å². The molecule has 0 aromatic heterocycles. The van der Waals surface area contributed by atoms with Crippen molar-refractivity contribution in [2.24, 2.45) is 5.16 Å². The van der Waals surface area contributed by atoms with Crippen molar-refractivity contribution in [3.8, 4) is 0 Å². The zero-order valence-corrected chi connectivity index (χ0v) is 8.68. The highest BCUT2D eigenvalue weighted by Crippen LogP contribution is 2.17. The Morgan fingerprint density at radius 3 is 1.76 bits per heavy atom. The topological polar surface area (TPSA) is 66.7 Å². The van der Waals surface area contributed by atoms with Crippen molar-refractivity contribution in [2.75, 3.05) is 0 Å². The van der Waals surface area contributed by atoms with E-state index in [0.717, 1.165) is 10.8 Å². The fourth-order valence-electron chi connectivity index (χ4n) is 2.07. The van der Waals surface area contributed by atoms with Crippen LogP contribution in [0, 0.1) is 0 Å². The molecule has 0 heterocycles. The second-order valence-corrected chi connectivity index (χ2v) is 3.85. The Morgan fingerprint density at radius 2 is 1.35 bits per heavy atom. The average Bonchev–Trinajstić information content (AvgIpc) is 2.59. The van der Waals surface area contributed by atoms with Crippen LogP contribution < -0.4 is 16.2 Å². The summed E-state index contributed by atoms with van der Waals surface area (Å²) in [6, 6.07) is 10.8. The smallest absolute Gasteiger partial charge is 0.219 e. The van der Waals surface area contributed by atoms with Gasteiger partial charge in [0.25, 0.3) is 0 Å². The molecule has 3 aromatic carbocycles. The van der Waals surface area contributed by atoms with Gasteiger partial charge in [-0.3, -0.25) is 9.59 Å². The van der Waals surface area contributed by atoms with Crippen LogP contribution in [0.4, 0.5) is 0 Å². The van der Waals surface area contributed by atoms with Crippen molar-refractivity contribution < 1.29 is 5.21 Å². The third kappa shape index (κ3) is 1.21. The van der Waals surface area contributed by atoms with Crippen molar-refractivity contribution in [3.63, 3.8) is 0 Å². The molecule has 3 aromatic rings. The molecule has 0 aliphatic heterocycles. The Balaban J connectivity index is 2.70. The van der Waals surface area contributed by atoms with Crippen LogP contribution in [-0.4, -0.2) is 5.21 Å². The van der Waals surface area contributed by atoms with Gasteiger partial charge in [-0.2, -0.15) is 0 Å². The lowest BCUT2D eigenvalue weighted by Gasteiger charge is -1.96. The lowest BCUT2D eigenvalue weighted by molar-refractivity contribution is 0.301. The summed E-state index contributed by atoms with van der Waals surface area (Å²) in [5, 5.41) is 13.4. The van der Waals surface area contributed by atoms with Gasteiger partial charge in [0.1, 0.15) is 0 Å². The fourth-order valence-corrected chi connectivity index (χ4v) is 2.07. The molecule has 0 bridgehead atoms. The first-order valence-corrected chi connectivity index (χ1v) is 5.06. The van der Waals surface area contributed by atoms with E-state index in [1.165, 1.54) is 0 Å². The second kappa shape index (κ2) is 3.25. The predicted molar refractivity (Wildman–Crippen MR) is 63.7 cm³/mol. The zero-order chi connectivity index (χ0) is 12.0. The highest BCUT2D eigenvalue weighted by molar-refractivity contribution is 5.98. The van der Waals surface area contributed by atoms with E-state index in [2.05, 4.69) is 5.16 Å². The van der Waals surface area contributed by atoms with E-state index < -0.39 is 16.2 Å². The molecule has 1 N–H and O–H groups in total. The molecule has 0 aliphatic carbocycles. The van der Waals surface area contributed by atoms with Gasteiger partial charge in [-0.15, -0.1) is 0 Å². The van der Waals surface area contributed by atoms with Gasteiger partial charge in [-0.05, 0) is 22.9 Å². The maximum Gasteiger partial charge on any atom is 0.219 e. The molecule has 0 spiro atoms. The van der Waals surface area contributed by atoms with Gasteiger partial charge in [0.05, 0.1) is 0 Å². The number of rotatable bonds is 0. The summed E-state index contributed by atoms with van der Waals surface area (Å²) < 4.78 is 0. The summed E-state index contributed by atoms with van der Waals surface area (Å²) in [6.07, 6.45) is 0. The summed E-state index contributed by atoms with van der Waals surface area (Å²) in [7, 11) is 0. The summed E-state index contributed by atoms with van der Waals surface area (Å²) >= 11 is 0. The summed E-state index contributed by atoms with van der Waals surface area (Å²) in [5.41, 5.74) is -1.03. The lowest BCUT2D eigenvalue weighted by Crippen LogP contribution is -2.31. The van der Waals surface area contributed by atoms with Gasteiger partial charge >= 0.3 is 0 Å². The molecule has 0 unspecified atom stereocenters. The molecule has 0 atom stereocenters. The van der Waals surface area contributed by atoms with Gasteiger partial charge in [0.15, 0.2) is 5.36 Å². The molecule has 3 rings (SSSR count). The SMILES string of the molecule is O=c1c(=NO)c(=O)c2cc3ccccc3cc12. The average molecular weight is 225 g/mol. The Bertz CT molecular complexity index is 817. The number of nitrogens with zero attached hydrogens (tertiary/aromatic N) is 1. The summed E-state index contributed by atoms with van der Waals surface area (Å²) in [6.45, 7) is 0. The van der Waals surface area contributed by atoms with Gasteiger partial charge in [0.2, 0.25) is 10.9 Å². The molecule has 4 heteroatoms. The molecule has 0 amide bonds. The van der Waals surface area contributed by atoms with Crippen molar-refractivity contribution in [1.29, 1.82) is 0 Å². The monoisotopic (exact) mass is 225 g/mol. The number of hydrogen-bond acceptors (Lipinski definition) is 4. The third-order valence-corrected chi connectivity index (χ3v) is 2.91. The third-order valence-electron chi connectivity index (χ3n) is 2.91. The van der Waals surface area contributed by atoms with E-state index in [1.807, 2.05) is 24.3 Å². The highest BCUT2D eigenvalue weighted by atomic mass is 16.4. The standard InChI is InChI=1S/C13H7NO3/c15-12-9-5-7-3-1-2-4-8(7)6-10(9)13(16)11(12)14-17/h1-6,17H. The molecular formula is C13H7NO3. The van der Waals surface area contributed by atoms with Crippen LogP contribution in [0.25, 0.3) is 21.5 Å². The normalized spacial score (nSPS) is 11.1. The maximum atomic E-state index is 11.8. The highest BCUT2D eigenvalue weighted by Gasteiger charge is 2.11. The zero-order valence-electron chi connectivity index (χ0n) is 8.68. The number of fused-ring (bicyclic) bond motifs is 2. The molecule has 0 saturated heterocycles. The molecule has 0 saturated carbocycles. The predicted octanol–water partition coefficient (Wildman–Crippen LogP) is 0.879. The molecular weight excluding hydrogens is 218 g/mol. The van der Waals surface area contributed by atoms with E-state index in [9.17, 15) is 9.59 Å². The lowest BCUT2D eigenvalue weighted by atomic mass is 10.1. The number of hydrogen-bond donors (Lipinski definition) is 1. The number of benzene rings is 2. The molecule has 0 radical (unpaired) electrons. The van der Waals surface area contributed by atoms with Gasteiger partial charge in [-0.25, -0.2) is 0 Å². The molecule has 0 fully saturated rings. The fraction of sp³-hybridized carbons (Fsp3) is 0. The van der Waals surface area contributed by atoms with Crippen LogP contribution >= 0.6 is 0 Å². The minimum atomic E-state index is -0.516. The molecule has 17 heavy (non-hydrogen) atoms. The Kier molecular flexibility index (Phi) is 1.86. The van der Waals surface area contributed by atoms with Crippen molar-refractivity contribution in [2.45, 2.75) is 0 Å². The van der Waals surface area contributed by atoms with Crippen LogP contribution in [0.2, 0.25) is 0 Å². The quantitative estimate of drug-likeness (QED) is 0.456. The van der Waals surface area contributed by atoms with Gasteiger partial charge in [-0.1, -0.05) is 29.4 Å². The second-order valence-electron chi connectivity index (χ2n) is 3.85. The van der Waals surface area contributed by atoms with Crippen LogP contribution in [0.15, 0.2) is 51.1 Å². The van der Waals surface area contributed by atoms with Crippen LogP contribution in [-0.2, 0) is 0 Å². The minimum absolute atomic E-state index is 0.307. The molecule has 4 nitrogen and oxygen atoms in total. The first-order chi connectivity index (χ1) is 8.22. The van der Waals surface area contributed by atoms with Crippen molar-refractivity contribution in [1.82, 2.24) is 0 Å². The largest absolute Gasteiger partial charge is 0.410 e. The van der Waals surface area contributed by atoms with Crippen molar-refractivity contribution in [3.05, 3.63) is 62.2 Å². The Morgan fingerprint density at radius 1 is 0.882 bits per heavy atom. The van der Waals surface area contributed by atoms with Crippen LogP contribution in [0.5, 0.6) is 0 Å². The van der Waals surface area contributed by atoms with Crippen LogP contribution in [0.3, 0.4) is 0 Å². The molecule has 0 aliphatic rings. The maximum absolute atomic E-state index is 11.8. The van der Waals surface area contributed by atoms with Crippen LogP contribution in [0.1, 0.15) is 0 Å². The summed E-state index contributed by atoms with van der Waals surface area (Å²) in [4.78, 5) is 23.5. The Hall–Kier alpha value is -2.49. The molecule has 82 valence electrons. The van der Waals surface area contributed by atoms with Crippen molar-refractivity contribution >= 4 is 21.5 Å². The van der Waals surface area contributed by atoms with E-state index in [0.29, 0.717) is 10.8 Å². The van der Waals surface area contributed by atoms with Gasteiger partial charge < -0.3 is 5.21 Å². The Labute approximate surface area is 94.8 Å². The van der Waals surface area contributed by atoms with E-state index in [-0.39, 0.29) is 0 Å². The summed E-state index contributed by atoms with van der Waals surface area (Å²) in [5.74, 6) is 0. The van der Waals surface area contributed by atoms with E-state index in [1.54, 1.807) is 12.1 Å². The van der Waals surface area contributed by atoms with Gasteiger partial charge in [0, 0.05) is 10.8 Å². The van der Waals surface area contributed by atoms with E-state index >= 15 is 0 Å². The first-order valence-electron chi connectivity index (χ1n) is 5.06. The minimum Gasteiger partial charge on any atom is -0.410 e. The first kappa shape index (κ1) is 9.72.